The molecular formula is C13H9N5O7. The number of carbonyl (C=O) groups is 1. The molecule has 0 aromatic heterocycles. The topological polar surface area (TPSA) is 171 Å². The van der Waals surface area contributed by atoms with E-state index in [1.807, 2.05) is 0 Å². The number of hydrazine groups is 1. The molecule has 2 rings (SSSR count). The fraction of sp³-hybridized carbons (Fsp3) is 0. The van der Waals surface area contributed by atoms with Crippen molar-refractivity contribution in [1.29, 1.82) is 0 Å². The third-order valence-electron chi connectivity index (χ3n) is 3.04. The molecule has 0 bridgehead atoms. The van der Waals surface area contributed by atoms with Crippen molar-refractivity contribution in [2.45, 2.75) is 0 Å². The van der Waals surface area contributed by atoms with E-state index in [1.165, 1.54) is 18.2 Å². The minimum Gasteiger partial charge on any atom is -0.292 e. The third kappa shape index (κ3) is 3.82. The monoisotopic (exact) mass is 347 g/mol. The van der Waals surface area contributed by atoms with Crippen LogP contribution in [-0.2, 0) is 0 Å². The van der Waals surface area contributed by atoms with Crippen LogP contribution in [0, 0.1) is 30.3 Å². The molecule has 0 atom stereocenters. The van der Waals surface area contributed by atoms with Gasteiger partial charge in [-0.1, -0.05) is 12.1 Å². The van der Waals surface area contributed by atoms with Crippen molar-refractivity contribution in [1.82, 2.24) is 5.43 Å². The number of hydrogen-bond donors (Lipinski definition) is 2. The maximum Gasteiger partial charge on any atom is 0.300 e. The van der Waals surface area contributed by atoms with Crippen molar-refractivity contribution >= 4 is 28.7 Å². The van der Waals surface area contributed by atoms with E-state index in [4.69, 9.17) is 0 Å². The lowest BCUT2D eigenvalue weighted by Crippen LogP contribution is -2.30. The Morgan fingerprint density at radius 2 is 1.48 bits per heavy atom. The van der Waals surface area contributed by atoms with Gasteiger partial charge in [-0.3, -0.25) is 46.0 Å². The number of amides is 1. The molecule has 2 aromatic carbocycles. The number of rotatable bonds is 6. The molecule has 0 aliphatic carbocycles. The minimum atomic E-state index is -0.903. The molecule has 0 aliphatic rings. The summed E-state index contributed by atoms with van der Waals surface area (Å²) < 4.78 is 0. The average Bonchev–Trinajstić information content (AvgIpc) is 2.59. The lowest BCUT2D eigenvalue weighted by molar-refractivity contribution is -0.393. The third-order valence-corrected chi connectivity index (χ3v) is 3.04. The number of nitro groups is 3. The Labute approximate surface area is 138 Å². The molecule has 2 N–H and O–H groups in total. The second kappa shape index (κ2) is 6.99. The summed E-state index contributed by atoms with van der Waals surface area (Å²) in [6, 6.07) is 7.89. The van der Waals surface area contributed by atoms with Gasteiger partial charge in [-0.05, 0) is 12.1 Å². The van der Waals surface area contributed by atoms with Crippen molar-refractivity contribution in [2.75, 3.05) is 5.43 Å². The van der Waals surface area contributed by atoms with Gasteiger partial charge in [-0.15, -0.1) is 0 Å². The fourth-order valence-electron chi connectivity index (χ4n) is 1.91. The summed E-state index contributed by atoms with van der Waals surface area (Å²) >= 11 is 0. The Hall–Kier alpha value is -4.09. The van der Waals surface area contributed by atoms with E-state index >= 15 is 0 Å². The smallest absolute Gasteiger partial charge is 0.292 e. The Kier molecular flexibility index (Phi) is 4.83. The number of non-ortho nitro benzene ring substituents is 1. The Bertz CT molecular complexity index is 883. The van der Waals surface area contributed by atoms with Gasteiger partial charge in [0.05, 0.1) is 20.8 Å². The number of benzene rings is 2. The maximum absolute atomic E-state index is 12.0. The molecule has 1 amide bonds. The maximum atomic E-state index is 12.0. The molecule has 0 saturated carbocycles. The first kappa shape index (κ1) is 17.3. The van der Waals surface area contributed by atoms with Gasteiger partial charge in [0, 0.05) is 12.1 Å². The zero-order valence-electron chi connectivity index (χ0n) is 12.2. The predicted molar refractivity (Wildman–Crippen MR) is 83.9 cm³/mol. The van der Waals surface area contributed by atoms with Gasteiger partial charge >= 0.3 is 5.69 Å². The second-order valence-electron chi connectivity index (χ2n) is 4.57. The molecule has 0 radical (unpaired) electrons. The SMILES string of the molecule is O=C(NNc1ccc([N+](=O)[O-])cc1[N+](=O)[O-])c1ccccc1[N+](=O)[O-]. The number of para-hydroxylation sites is 1. The number of anilines is 1. The second-order valence-corrected chi connectivity index (χ2v) is 4.57. The largest absolute Gasteiger partial charge is 0.300 e. The van der Waals surface area contributed by atoms with Gasteiger partial charge in [0.25, 0.3) is 17.3 Å². The highest BCUT2D eigenvalue weighted by Crippen LogP contribution is 2.28. The number of carbonyl (C=O) groups excluding carboxylic acids is 1. The summed E-state index contributed by atoms with van der Waals surface area (Å²) in [7, 11) is 0. The van der Waals surface area contributed by atoms with Crippen molar-refractivity contribution in [3.63, 3.8) is 0 Å². The summed E-state index contributed by atoms with van der Waals surface area (Å²) in [5.41, 5.74) is 2.26. The van der Waals surface area contributed by atoms with Gasteiger partial charge in [-0.25, -0.2) is 0 Å². The summed E-state index contributed by atoms with van der Waals surface area (Å²) in [4.78, 5) is 42.2. The van der Waals surface area contributed by atoms with E-state index < -0.39 is 37.7 Å². The molecule has 25 heavy (non-hydrogen) atoms. The highest BCUT2D eigenvalue weighted by Gasteiger charge is 2.22. The summed E-state index contributed by atoms with van der Waals surface area (Å²) in [6.45, 7) is 0. The van der Waals surface area contributed by atoms with Crippen LogP contribution < -0.4 is 10.9 Å². The molecule has 0 heterocycles. The molecule has 128 valence electrons. The van der Waals surface area contributed by atoms with E-state index in [2.05, 4.69) is 10.9 Å². The van der Waals surface area contributed by atoms with Crippen LogP contribution in [0.3, 0.4) is 0 Å². The van der Waals surface area contributed by atoms with Crippen LogP contribution in [0.5, 0.6) is 0 Å². The zero-order valence-corrected chi connectivity index (χ0v) is 12.2. The van der Waals surface area contributed by atoms with Gasteiger partial charge < -0.3 is 0 Å². The van der Waals surface area contributed by atoms with Crippen LogP contribution in [0.15, 0.2) is 42.5 Å². The Balaban J connectivity index is 2.24. The molecule has 0 saturated heterocycles. The van der Waals surface area contributed by atoms with E-state index in [0.717, 1.165) is 24.3 Å². The van der Waals surface area contributed by atoms with Crippen molar-refractivity contribution in [2.24, 2.45) is 0 Å². The molecular weight excluding hydrogens is 338 g/mol. The van der Waals surface area contributed by atoms with Crippen LogP contribution in [0.4, 0.5) is 22.7 Å². The lowest BCUT2D eigenvalue weighted by atomic mass is 10.2. The van der Waals surface area contributed by atoms with Crippen molar-refractivity contribution in [3.8, 4) is 0 Å². The van der Waals surface area contributed by atoms with Gasteiger partial charge in [0.15, 0.2) is 0 Å². The van der Waals surface area contributed by atoms with Gasteiger partial charge in [0.1, 0.15) is 11.3 Å². The zero-order chi connectivity index (χ0) is 18.6. The summed E-state index contributed by atoms with van der Waals surface area (Å²) in [5, 5.41) is 32.6. The quantitative estimate of drug-likeness (QED) is 0.591. The number of nitro benzene ring substituents is 3. The van der Waals surface area contributed by atoms with E-state index in [9.17, 15) is 35.1 Å². The average molecular weight is 347 g/mol. The minimum absolute atomic E-state index is 0.220. The molecule has 0 unspecified atom stereocenters. The molecule has 0 aliphatic heterocycles. The van der Waals surface area contributed by atoms with Crippen molar-refractivity contribution in [3.05, 3.63) is 78.4 Å². The van der Waals surface area contributed by atoms with Gasteiger partial charge in [0.2, 0.25) is 0 Å². The van der Waals surface area contributed by atoms with E-state index in [1.54, 1.807) is 0 Å². The normalized spacial score (nSPS) is 9.92. The van der Waals surface area contributed by atoms with Gasteiger partial charge in [-0.2, -0.15) is 0 Å². The molecule has 0 fully saturated rings. The predicted octanol–water partition coefficient (Wildman–Crippen LogP) is 2.17. The summed E-state index contributed by atoms with van der Waals surface area (Å²) in [5.74, 6) is -0.903. The number of nitrogens with one attached hydrogen (secondary N) is 2. The first-order valence-corrected chi connectivity index (χ1v) is 6.54. The van der Waals surface area contributed by atoms with Crippen LogP contribution in [0.2, 0.25) is 0 Å². The highest BCUT2D eigenvalue weighted by molar-refractivity contribution is 5.98. The number of hydrogen-bond acceptors (Lipinski definition) is 8. The standard InChI is InChI=1S/C13H9N5O7/c19-13(9-3-1-2-4-11(9)17(22)23)15-14-10-6-5-8(16(20)21)7-12(10)18(24)25/h1-7,14H,(H,15,19). The first-order valence-electron chi connectivity index (χ1n) is 6.54. The van der Waals surface area contributed by atoms with Crippen LogP contribution in [0.25, 0.3) is 0 Å². The Morgan fingerprint density at radius 1 is 0.840 bits per heavy atom. The molecule has 2 aromatic rings. The molecule has 0 spiro atoms. The van der Waals surface area contributed by atoms with E-state index in [0.29, 0.717) is 0 Å². The van der Waals surface area contributed by atoms with Crippen LogP contribution in [-0.4, -0.2) is 20.7 Å². The fourth-order valence-corrected chi connectivity index (χ4v) is 1.91. The van der Waals surface area contributed by atoms with Crippen molar-refractivity contribution < 1.29 is 19.6 Å². The first-order chi connectivity index (χ1) is 11.8. The van der Waals surface area contributed by atoms with Crippen LogP contribution in [0.1, 0.15) is 10.4 Å². The summed E-state index contributed by atoms with van der Waals surface area (Å²) in [6.07, 6.45) is 0. The highest BCUT2D eigenvalue weighted by atomic mass is 16.6. The van der Waals surface area contributed by atoms with Crippen LogP contribution >= 0.6 is 0 Å². The Morgan fingerprint density at radius 3 is 2.08 bits per heavy atom. The molecule has 12 heteroatoms. The lowest BCUT2D eigenvalue weighted by Gasteiger charge is -2.09. The number of nitrogens with zero attached hydrogens (tertiary/aromatic N) is 3. The molecule has 12 nitrogen and oxygen atoms in total. The van der Waals surface area contributed by atoms with E-state index in [-0.39, 0.29) is 11.3 Å².